The van der Waals surface area contributed by atoms with Crippen molar-refractivity contribution < 1.29 is 29.4 Å². The molecule has 0 radical (unpaired) electrons. The number of aromatic hydroxyl groups is 1. The average molecular weight is 574 g/mol. The van der Waals surface area contributed by atoms with Crippen molar-refractivity contribution in [1.29, 1.82) is 0 Å². The van der Waals surface area contributed by atoms with E-state index >= 15 is 0 Å². The first-order valence-electron chi connectivity index (χ1n) is 13.1. The Kier molecular flexibility index (Phi) is 12.6. The Morgan fingerprint density at radius 2 is 1.63 bits per heavy atom. The second-order valence-corrected chi connectivity index (χ2v) is 9.90. The van der Waals surface area contributed by atoms with Gasteiger partial charge in [0.15, 0.2) is 5.96 Å². The van der Waals surface area contributed by atoms with Crippen LogP contribution >= 0.6 is 0 Å². The molecule has 2 rings (SSSR count). The number of carboxylic acids is 1. The van der Waals surface area contributed by atoms with Crippen LogP contribution in [0, 0.1) is 5.92 Å². The Bertz CT molecular complexity index is 1180. The topological polar surface area (TPSA) is 264 Å². The summed E-state index contributed by atoms with van der Waals surface area (Å²) in [7, 11) is 0. The Balaban J connectivity index is 2.14. The number of rotatable bonds is 16. The van der Waals surface area contributed by atoms with Gasteiger partial charge in [-0.2, -0.15) is 0 Å². The third-order valence-electron chi connectivity index (χ3n) is 6.15. The summed E-state index contributed by atoms with van der Waals surface area (Å²) in [6.07, 6.45) is 3.48. The Hall–Kier alpha value is -4.66. The van der Waals surface area contributed by atoms with E-state index in [1.165, 1.54) is 24.7 Å². The molecule has 12 N–H and O–H groups in total. The van der Waals surface area contributed by atoms with Crippen LogP contribution in [0.4, 0.5) is 0 Å². The molecule has 1 heterocycles. The highest BCUT2D eigenvalue weighted by Crippen LogP contribution is 2.12. The van der Waals surface area contributed by atoms with Gasteiger partial charge in [0.1, 0.15) is 23.9 Å². The second kappa shape index (κ2) is 15.8. The van der Waals surface area contributed by atoms with Gasteiger partial charge in [-0.1, -0.05) is 26.0 Å². The van der Waals surface area contributed by atoms with Crippen LogP contribution in [0.3, 0.4) is 0 Å². The molecule has 15 heteroatoms. The molecule has 15 nitrogen and oxygen atoms in total. The Morgan fingerprint density at radius 1 is 0.976 bits per heavy atom. The predicted octanol–water partition coefficient (Wildman–Crippen LogP) is -1.52. The van der Waals surface area contributed by atoms with Crippen LogP contribution in [-0.2, 0) is 32.0 Å². The number of carboxylic acid groups (broad SMARTS) is 1. The molecule has 4 atom stereocenters. The fraction of sp³-hybridized carbons (Fsp3) is 0.462. The van der Waals surface area contributed by atoms with Crippen LogP contribution in [-0.4, -0.2) is 80.5 Å². The first kappa shape index (κ1) is 32.6. The predicted molar refractivity (Wildman–Crippen MR) is 150 cm³/mol. The lowest BCUT2D eigenvalue weighted by Gasteiger charge is -2.27. The molecule has 0 saturated carbocycles. The Labute approximate surface area is 237 Å². The van der Waals surface area contributed by atoms with Crippen LogP contribution in [0.25, 0.3) is 0 Å². The number of phenols is 1. The molecule has 41 heavy (non-hydrogen) atoms. The molecule has 224 valence electrons. The number of nitrogens with two attached hydrogens (primary N) is 3. The standard InChI is InChI=1S/C26H39N9O6/c1-14(2)21(35-22(37)18(27)11-16-12-30-13-32-16)24(39)33-19(4-3-9-31-26(28)29)23(38)34-20(25(40)41)10-15-5-7-17(36)8-6-15/h5-8,12-14,18-21,36H,3-4,9-11,27H2,1-2H3,(H,30,32)(H,33,39)(H,34,38)(H,35,37)(H,40,41)(H4,28,29,31). The molecule has 0 aliphatic rings. The monoisotopic (exact) mass is 573 g/mol. The van der Waals surface area contributed by atoms with E-state index in [1.807, 2.05) is 0 Å². The van der Waals surface area contributed by atoms with Gasteiger partial charge < -0.3 is 48.3 Å². The molecule has 0 aliphatic carbocycles. The van der Waals surface area contributed by atoms with E-state index in [9.17, 15) is 29.4 Å². The number of nitrogens with zero attached hydrogens (tertiary/aromatic N) is 2. The molecule has 4 unspecified atom stereocenters. The minimum atomic E-state index is -1.31. The molecule has 3 amide bonds. The first-order valence-corrected chi connectivity index (χ1v) is 13.1. The number of nitrogens with one attached hydrogen (secondary N) is 4. The van der Waals surface area contributed by atoms with Crippen LogP contribution < -0.4 is 33.2 Å². The molecule has 1 aromatic heterocycles. The highest BCUT2D eigenvalue weighted by molar-refractivity contribution is 5.94. The summed E-state index contributed by atoms with van der Waals surface area (Å²) in [5.74, 6) is -3.72. The third kappa shape index (κ3) is 11.2. The number of amides is 3. The Morgan fingerprint density at radius 3 is 2.20 bits per heavy atom. The number of aliphatic carboxylic acids is 1. The SMILES string of the molecule is CC(C)C(NC(=O)C(N)Cc1cnc[nH]1)C(=O)NC(CCCN=C(N)N)C(=O)NC(Cc1ccc(O)cc1)C(=O)O. The third-order valence-corrected chi connectivity index (χ3v) is 6.15. The maximum absolute atomic E-state index is 13.3. The fourth-order valence-corrected chi connectivity index (χ4v) is 3.90. The van der Waals surface area contributed by atoms with E-state index in [2.05, 4.69) is 30.9 Å². The molecule has 0 bridgehead atoms. The summed E-state index contributed by atoms with van der Waals surface area (Å²) in [5, 5.41) is 26.9. The fourth-order valence-electron chi connectivity index (χ4n) is 3.90. The van der Waals surface area contributed by atoms with Crippen molar-refractivity contribution in [3.63, 3.8) is 0 Å². The lowest BCUT2D eigenvalue weighted by Crippen LogP contribution is -2.58. The van der Waals surface area contributed by atoms with Crippen LogP contribution in [0.2, 0.25) is 0 Å². The van der Waals surface area contributed by atoms with Crippen LogP contribution in [0.1, 0.15) is 37.9 Å². The number of H-pyrrole nitrogens is 1. The zero-order chi connectivity index (χ0) is 30.5. The average Bonchev–Trinajstić information content (AvgIpc) is 3.42. The van der Waals surface area contributed by atoms with E-state index in [0.29, 0.717) is 17.7 Å². The molecule has 0 fully saturated rings. The maximum atomic E-state index is 13.3. The van der Waals surface area contributed by atoms with E-state index in [0.717, 1.165) is 0 Å². The maximum Gasteiger partial charge on any atom is 0.326 e. The zero-order valence-electron chi connectivity index (χ0n) is 23.0. The number of aromatic nitrogens is 2. The molecule has 0 saturated heterocycles. The molecule has 1 aromatic carbocycles. The van der Waals surface area contributed by atoms with Gasteiger partial charge in [-0.3, -0.25) is 19.4 Å². The van der Waals surface area contributed by atoms with E-state index < -0.39 is 47.9 Å². The summed E-state index contributed by atoms with van der Waals surface area (Å²) >= 11 is 0. The van der Waals surface area contributed by atoms with Gasteiger partial charge in [0.2, 0.25) is 17.7 Å². The number of imidazole rings is 1. The van der Waals surface area contributed by atoms with Gasteiger partial charge in [0.25, 0.3) is 0 Å². The number of benzene rings is 1. The molecule has 0 aliphatic heterocycles. The minimum Gasteiger partial charge on any atom is -0.508 e. The van der Waals surface area contributed by atoms with Crippen molar-refractivity contribution in [3.8, 4) is 5.75 Å². The zero-order valence-corrected chi connectivity index (χ0v) is 23.0. The number of hydrogen-bond donors (Lipinski definition) is 9. The van der Waals surface area contributed by atoms with Crippen molar-refractivity contribution in [2.75, 3.05) is 6.54 Å². The number of guanidine groups is 1. The molecule has 0 spiro atoms. The quantitative estimate of drug-likeness (QED) is 0.0635. The van der Waals surface area contributed by atoms with Crippen molar-refractivity contribution in [2.24, 2.45) is 28.1 Å². The summed E-state index contributed by atoms with van der Waals surface area (Å²) in [4.78, 5) is 61.8. The van der Waals surface area contributed by atoms with E-state index in [4.69, 9.17) is 17.2 Å². The smallest absolute Gasteiger partial charge is 0.326 e. The van der Waals surface area contributed by atoms with Crippen molar-refractivity contribution in [2.45, 2.75) is 63.7 Å². The van der Waals surface area contributed by atoms with Crippen LogP contribution in [0.5, 0.6) is 5.75 Å². The van der Waals surface area contributed by atoms with Crippen molar-refractivity contribution in [3.05, 3.63) is 48.0 Å². The van der Waals surface area contributed by atoms with Gasteiger partial charge >= 0.3 is 5.97 Å². The van der Waals surface area contributed by atoms with Gasteiger partial charge in [-0.25, -0.2) is 9.78 Å². The normalized spacial score (nSPS) is 13.9. The molecular weight excluding hydrogens is 534 g/mol. The van der Waals surface area contributed by atoms with Gasteiger partial charge in [-0.15, -0.1) is 0 Å². The molecule has 2 aromatic rings. The lowest BCUT2D eigenvalue weighted by molar-refractivity contribution is -0.142. The van der Waals surface area contributed by atoms with E-state index in [1.54, 1.807) is 26.0 Å². The minimum absolute atomic E-state index is 0.0160. The van der Waals surface area contributed by atoms with Crippen molar-refractivity contribution >= 4 is 29.7 Å². The van der Waals surface area contributed by atoms with Gasteiger partial charge in [0.05, 0.1) is 12.4 Å². The van der Waals surface area contributed by atoms with Crippen LogP contribution in [0.15, 0.2) is 41.8 Å². The number of hydrogen-bond acceptors (Lipinski definition) is 8. The summed E-state index contributed by atoms with van der Waals surface area (Å²) in [6.45, 7) is 3.61. The summed E-state index contributed by atoms with van der Waals surface area (Å²) in [5.41, 5.74) is 17.9. The van der Waals surface area contributed by atoms with Gasteiger partial charge in [0, 0.05) is 31.3 Å². The summed E-state index contributed by atoms with van der Waals surface area (Å²) in [6, 6.07) is 1.43. The van der Waals surface area contributed by atoms with Crippen molar-refractivity contribution in [1.82, 2.24) is 25.9 Å². The highest BCUT2D eigenvalue weighted by Gasteiger charge is 2.31. The number of aliphatic imine (C=N–C) groups is 1. The number of carbonyl (C=O) groups excluding carboxylic acids is 3. The van der Waals surface area contributed by atoms with E-state index in [-0.39, 0.29) is 43.4 Å². The lowest BCUT2D eigenvalue weighted by atomic mass is 10.0. The second-order valence-electron chi connectivity index (χ2n) is 9.90. The molecular formula is C26H39N9O6. The number of carbonyl (C=O) groups is 4. The van der Waals surface area contributed by atoms with Gasteiger partial charge in [-0.05, 0) is 36.5 Å². The first-order chi connectivity index (χ1) is 19.4. The summed E-state index contributed by atoms with van der Waals surface area (Å²) < 4.78 is 0. The number of aromatic amines is 1. The largest absolute Gasteiger partial charge is 0.508 e. The number of phenolic OH excluding ortho intramolecular Hbond substituents is 1. The highest BCUT2D eigenvalue weighted by atomic mass is 16.4.